The average molecular weight is 270 g/mol. The van der Waals surface area contributed by atoms with Crippen LogP contribution in [-0.4, -0.2) is 5.91 Å². The van der Waals surface area contributed by atoms with Crippen molar-refractivity contribution < 1.29 is 4.79 Å². The molecule has 0 fully saturated rings. The Labute approximate surface area is 121 Å². The topological polar surface area (TPSA) is 66.9 Å². The van der Waals surface area contributed by atoms with Gasteiger partial charge in [0.2, 0.25) is 5.91 Å². The summed E-state index contributed by atoms with van der Waals surface area (Å²) < 4.78 is 0. The second kappa shape index (κ2) is 8.92. The van der Waals surface area contributed by atoms with Crippen molar-refractivity contribution in [2.75, 3.05) is 0 Å². The molecule has 0 aromatic heterocycles. The molecule has 0 aliphatic carbocycles. The minimum Gasteiger partial charge on any atom is -0.369 e. The number of primary amides is 1. The number of carbonyl (C=O) groups excluding carboxylic acids is 1. The number of hydrogen-bond donors (Lipinski definition) is 1. The third-order valence-electron chi connectivity index (χ3n) is 3.43. The van der Waals surface area contributed by atoms with Crippen molar-refractivity contribution in [3.05, 3.63) is 48.0 Å². The maximum Gasteiger partial charge on any atom is 0.220 e. The van der Waals surface area contributed by atoms with E-state index in [1.54, 1.807) is 0 Å². The van der Waals surface area contributed by atoms with E-state index in [9.17, 15) is 4.79 Å². The quantitative estimate of drug-likeness (QED) is 0.737. The highest BCUT2D eigenvalue weighted by Gasteiger charge is 2.18. The van der Waals surface area contributed by atoms with Crippen LogP contribution in [0.3, 0.4) is 0 Å². The van der Waals surface area contributed by atoms with Crippen LogP contribution in [0.5, 0.6) is 0 Å². The lowest BCUT2D eigenvalue weighted by Gasteiger charge is -2.13. The van der Waals surface area contributed by atoms with E-state index in [1.807, 2.05) is 31.2 Å². The lowest BCUT2D eigenvalue weighted by molar-refractivity contribution is -0.122. The molecule has 0 aliphatic heterocycles. The second-order valence-corrected chi connectivity index (χ2v) is 4.97. The van der Waals surface area contributed by atoms with Gasteiger partial charge in [0.15, 0.2) is 0 Å². The highest BCUT2D eigenvalue weighted by Crippen LogP contribution is 2.18. The number of nitriles is 1. The number of rotatable bonds is 8. The number of hydrogen-bond acceptors (Lipinski definition) is 2. The van der Waals surface area contributed by atoms with E-state index in [1.165, 1.54) is 5.56 Å². The smallest absolute Gasteiger partial charge is 0.220 e. The predicted octanol–water partition coefficient (Wildman–Crippen LogP) is 3.22. The molecule has 0 radical (unpaired) electrons. The number of carbonyl (C=O) groups is 1. The van der Waals surface area contributed by atoms with E-state index in [0.717, 1.165) is 6.42 Å². The Morgan fingerprint density at radius 1 is 1.35 bits per heavy atom. The zero-order chi connectivity index (χ0) is 14.8. The molecule has 1 amide bonds. The van der Waals surface area contributed by atoms with Crippen molar-refractivity contribution in [3.8, 4) is 6.07 Å². The minimum atomic E-state index is -0.305. The van der Waals surface area contributed by atoms with E-state index in [4.69, 9.17) is 11.0 Å². The van der Waals surface area contributed by atoms with Gasteiger partial charge in [-0.25, -0.2) is 0 Å². The first-order valence-electron chi connectivity index (χ1n) is 7.05. The zero-order valence-electron chi connectivity index (χ0n) is 12.0. The molecule has 2 N–H and O–H groups in total. The van der Waals surface area contributed by atoms with E-state index < -0.39 is 0 Å². The van der Waals surface area contributed by atoms with E-state index in [-0.39, 0.29) is 17.7 Å². The molecule has 2 unspecified atom stereocenters. The fourth-order valence-electron chi connectivity index (χ4n) is 2.12. The van der Waals surface area contributed by atoms with Crippen LogP contribution in [0, 0.1) is 23.2 Å². The highest BCUT2D eigenvalue weighted by atomic mass is 16.1. The first kappa shape index (κ1) is 16.0. The first-order valence-corrected chi connectivity index (χ1v) is 7.05. The molecule has 0 saturated carbocycles. The normalized spacial score (nSPS) is 13.8. The van der Waals surface area contributed by atoms with Crippen LogP contribution in [0.15, 0.2) is 42.5 Å². The number of nitrogens with zero attached hydrogens (tertiary/aromatic N) is 1. The Bertz CT molecular complexity index is 474. The Balaban J connectivity index is 2.41. The summed E-state index contributed by atoms with van der Waals surface area (Å²) in [5, 5.41) is 9.13. The van der Waals surface area contributed by atoms with Crippen LogP contribution in [0.1, 0.15) is 31.7 Å². The van der Waals surface area contributed by atoms with Gasteiger partial charge in [0.25, 0.3) is 0 Å². The van der Waals surface area contributed by atoms with E-state index >= 15 is 0 Å². The van der Waals surface area contributed by atoms with Crippen molar-refractivity contribution in [1.82, 2.24) is 0 Å². The highest BCUT2D eigenvalue weighted by molar-refractivity contribution is 5.76. The summed E-state index contributed by atoms with van der Waals surface area (Å²) >= 11 is 0. The lowest BCUT2D eigenvalue weighted by atomic mass is 9.90. The molecule has 20 heavy (non-hydrogen) atoms. The van der Waals surface area contributed by atoms with Gasteiger partial charge in [-0.1, -0.05) is 49.4 Å². The molecular weight excluding hydrogens is 248 g/mol. The van der Waals surface area contributed by atoms with E-state index in [0.29, 0.717) is 19.3 Å². The van der Waals surface area contributed by atoms with Crippen LogP contribution >= 0.6 is 0 Å². The fourth-order valence-corrected chi connectivity index (χ4v) is 2.12. The first-order chi connectivity index (χ1) is 9.67. The third kappa shape index (κ3) is 5.71. The second-order valence-electron chi connectivity index (χ2n) is 4.97. The van der Waals surface area contributed by atoms with Crippen molar-refractivity contribution in [2.45, 2.75) is 32.6 Å². The molecule has 2 atom stereocenters. The predicted molar refractivity (Wildman–Crippen MR) is 80.6 cm³/mol. The number of benzene rings is 1. The zero-order valence-corrected chi connectivity index (χ0v) is 12.0. The largest absolute Gasteiger partial charge is 0.369 e. The van der Waals surface area contributed by atoms with Crippen LogP contribution in [-0.2, 0) is 11.2 Å². The van der Waals surface area contributed by atoms with Gasteiger partial charge in [-0.15, -0.1) is 0 Å². The monoisotopic (exact) mass is 270 g/mol. The summed E-state index contributed by atoms with van der Waals surface area (Å²) in [6.07, 6.45) is 6.89. The lowest BCUT2D eigenvalue weighted by Crippen LogP contribution is -2.24. The fraction of sp³-hybridized carbons (Fsp3) is 0.412. The molecule has 1 aromatic carbocycles. The maximum absolute atomic E-state index is 11.2. The van der Waals surface area contributed by atoms with Crippen molar-refractivity contribution >= 4 is 5.91 Å². The van der Waals surface area contributed by atoms with Gasteiger partial charge >= 0.3 is 0 Å². The van der Waals surface area contributed by atoms with Gasteiger partial charge in [-0.05, 0) is 31.2 Å². The molecule has 1 aromatic rings. The van der Waals surface area contributed by atoms with Crippen molar-refractivity contribution in [1.29, 1.82) is 5.26 Å². The summed E-state index contributed by atoms with van der Waals surface area (Å²) in [7, 11) is 0. The van der Waals surface area contributed by atoms with Crippen LogP contribution in [0.25, 0.3) is 0 Å². The summed E-state index contributed by atoms with van der Waals surface area (Å²) in [5.41, 5.74) is 6.57. The number of nitrogens with two attached hydrogens (primary N) is 1. The Morgan fingerprint density at radius 3 is 2.60 bits per heavy atom. The third-order valence-corrected chi connectivity index (χ3v) is 3.43. The molecule has 0 spiro atoms. The maximum atomic E-state index is 11.2. The van der Waals surface area contributed by atoms with Crippen LogP contribution in [0.2, 0.25) is 0 Å². The summed E-state index contributed by atoms with van der Waals surface area (Å²) in [6.45, 7) is 1.93. The molecule has 106 valence electrons. The van der Waals surface area contributed by atoms with Gasteiger partial charge in [-0.3, -0.25) is 4.79 Å². The summed E-state index contributed by atoms with van der Waals surface area (Å²) in [4.78, 5) is 11.2. The molecule has 0 bridgehead atoms. The number of amides is 1. The molecular formula is C17H22N2O. The molecule has 0 aliphatic rings. The Hall–Kier alpha value is -2.08. The van der Waals surface area contributed by atoms with Gasteiger partial charge in [0.05, 0.1) is 12.0 Å². The molecule has 0 heterocycles. The SMILES string of the molecule is CCC(CC(C#N)CC=CCc1ccccc1)C(N)=O. The molecule has 3 nitrogen and oxygen atoms in total. The summed E-state index contributed by atoms with van der Waals surface area (Å²) in [6, 6.07) is 12.4. The standard InChI is InChI=1S/C17H22N2O/c1-2-16(17(19)20)12-15(13-18)11-7-6-10-14-8-4-3-5-9-14/h3-9,15-16H,2,10-12H2,1H3,(H2,19,20). The van der Waals surface area contributed by atoms with Gasteiger partial charge in [-0.2, -0.15) is 5.26 Å². The van der Waals surface area contributed by atoms with E-state index in [2.05, 4.69) is 24.3 Å². The van der Waals surface area contributed by atoms with Crippen molar-refractivity contribution in [3.63, 3.8) is 0 Å². The van der Waals surface area contributed by atoms with Gasteiger partial charge in [0.1, 0.15) is 0 Å². The molecule has 1 rings (SSSR count). The van der Waals surface area contributed by atoms with Crippen molar-refractivity contribution in [2.24, 2.45) is 17.6 Å². The van der Waals surface area contributed by atoms with Gasteiger partial charge in [0, 0.05) is 5.92 Å². The molecule has 0 saturated heterocycles. The van der Waals surface area contributed by atoms with Crippen LogP contribution in [0.4, 0.5) is 0 Å². The Kier molecular flexibility index (Phi) is 7.13. The number of allylic oxidation sites excluding steroid dienone is 2. The van der Waals surface area contributed by atoms with Crippen LogP contribution < -0.4 is 5.73 Å². The molecule has 3 heteroatoms. The summed E-state index contributed by atoms with van der Waals surface area (Å²) in [5.74, 6) is -0.636. The minimum absolute atomic E-state index is 0.139. The van der Waals surface area contributed by atoms with Gasteiger partial charge < -0.3 is 5.73 Å². The average Bonchev–Trinajstić information content (AvgIpc) is 2.47. The Morgan fingerprint density at radius 2 is 2.05 bits per heavy atom.